The minimum Gasteiger partial charge on any atom is -0.378 e. The maximum absolute atomic E-state index is 5.83. The van der Waals surface area contributed by atoms with Crippen LogP contribution in [0.3, 0.4) is 0 Å². The van der Waals surface area contributed by atoms with Gasteiger partial charge >= 0.3 is 0 Å². The molecule has 2 atom stereocenters. The van der Waals surface area contributed by atoms with E-state index in [1.54, 1.807) is 0 Å². The lowest BCUT2D eigenvalue weighted by atomic mass is 9.77. The van der Waals surface area contributed by atoms with E-state index in [0.29, 0.717) is 0 Å². The van der Waals surface area contributed by atoms with E-state index < -0.39 is 0 Å². The van der Waals surface area contributed by atoms with Crippen LogP contribution in [0.15, 0.2) is 4.47 Å². The van der Waals surface area contributed by atoms with Gasteiger partial charge in [-0.25, -0.2) is 0 Å². The van der Waals surface area contributed by atoms with Crippen molar-refractivity contribution >= 4 is 15.9 Å². The zero-order valence-corrected chi connectivity index (χ0v) is 13.9. The molecule has 1 aliphatic heterocycles. The third-order valence-electron chi connectivity index (χ3n) is 4.33. The van der Waals surface area contributed by atoms with Crippen LogP contribution in [-0.2, 0) is 17.7 Å². The lowest BCUT2D eigenvalue weighted by Crippen LogP contribution is -2.40. The maximum Gasteiger partial charge on any atom is 0.0738 e. The van der Waals surface area contributed by atoms with Crippen LogP contribution < -0.4 is 5.32 Å². The van der Waals surface area contributed by atoms with Crippen LogP contribution in [0.25, 0.3) is 0 Å². The molecule has 108 valence electrons. The Morgan fingerprint density at radius 3 is 2.84 bits per heavy atom. The van der Waals surface area contributed by atoms with Crippen LogP contribution in [0, 0.1) is 12.3 Å². The highest BCUT2D eigenvalue weighted by molar-refractivity contribution is 9.10. The number of halogens is 1. The van der Waals surface area contributed by atoms with E-state index in [2.05, 4.69) is 51.8 Å². The maximum atomic E-state index is 5.83. The minimum atomic E-state index is 0.177. The van der Waals surface area contributed by atoms with Crippen molar-refractivity contribution < 1.29 is 4.74 Å². The molecule has 0 amide bonds. The van der Waals surface area contributed by atoms with Crippen LogP contribution >= 0.6 is 15.9 Å². The highest BCUT2D eigenvalue weighted by atomic mass is 79.9. The molecule has 1 fully saturated rings. The van der Waals surface area contributed by atoms with E-state index in [0.717, 1.165) is 42.7 Å². The Hall–Kier alpha value is -0.390. The average Bonchev–Trinajstić information content (AvgIpc) is 2.86. The lowest BCUT2D eigenvalue weighted by molar-refractivity contribution is 0.0629. The Bertz CT molecular complexity index is 446. The van der Waals surface area contributed by atoms with Crippen LogP contribution in [-0.4, -0.2) is 36.1 Å². The van der Waals surface area contributed by atoms with E-state index in [1.165, 1.54) is 5.69 Å². The van der Waals surface area contributed by atoms with Gasteiger partial charge in [-0.1, -0.05) is 0 Å². The standard InChI is InChI=1S/C14H24BrN3O/c1-5-18-12(13(15)10(2)17-18)8-14(9-16-4)6-7-19-11(14)3/h11,16H,5-9H2,1-4H3. The first-order valence-electron chi connectivity index (χ1n) is 7.02. The fourth-order valence-electron chi connectivity index (χ4n) is 3.07. The molecular formula is C14H24BrN3O. The molecule has 1 aromatic rings. The largest absolute Gasteiger partial charge is 0.378 e. The fourth-order valence-corrected chi connectivity index (χ4v) is 3.49. The summed E-state index contributed by atoms with van der Waals surface area (Å²) >= 11 is 3.70. The molecule has 1 aliphatic rings. The van der Waals surface area contributed by atoms with Crippen molar-refractivity contribution in [2.24, 2.45) is 5.41 Å². The Morgan fingerprint density at radius 2 is 2.32 bits per heavy atom. The van der Waals surface area contributed by atoms with Crippen molar-refractivity contribution in [3.05, 3.63) is 15.9 Å². The highest BCUT2D eigenvalue weighted by Gasteiger charge is 2.42. The molecule has 5 heteroatoms. The molecular weight excluding hydrogens is 306 g/mol. The monoisotopic (exact) mass is 329 g/mol. The minimum absolute atomic E-state index is 0.177. The Morgan fingerprint density at radius 1 is 1.58 bits per heavy atom. The Labute approximate surface area is 124 Å². The van der Waals surface area contributed by atoms with Crippen molar-refractivity contribution in [1.82, 2.24) is 15.1 Å². The van der Waals surface area contributed by atoms with Crippen LogP contribution in [0.4, 0.5) is 0 Å². The van der Waals surface area contributed by atoms with E-state index in [4.69, 9.17) is 4.74 Å². The molecule has 0 radical (unpaired) electrons. The van der Waals surface area contributed by atoms with Gasteiger partial charge < -0.3 is 10.1 Å². The number of hydrogen-bond acceptors (Lipinski definition) is 3. The van der Waals surface area contributed by atoms with Gasteiger partial charge in [0.2, 0.25) is 0 Å². The van der Waals surface area contributed by atoms with Crippen molar-refractivity contribution in [3.8, 4) is 0 Å². The third kappa shape index (κ3) is 2.73. The first-order valence-corrected chi connectivity index (χ1v) is 7.81. The Kier molecular flexibility index (Phi) is 4.69. The summed E-state index contributed by atoms with van der Waals surface area (Å²) in [7, 11) is 2.02. The summed E-state index contributed by atoms with van der Waals surface area (Å²) in [5, 5.41) is 7.94. The Balaban J connectivity index is 2.32. The zero-order valence-electron chi connectivity index (χ0n) is 12.3. The SMILES string of the molecule is CCn1nc(C)c(Br)c1CC1(CNC)CCOC1C. The van der Waals surface area contributed by atoms with Crippen molar-refractivity contribution in [3.63, 3.8) is 0 Å². The summed E-state index contributed by atoms with van der Waals surface area (Å²) in [6, 6.07) is 0. The summed E-state index contributed by atoms with van der Waals surface area (Å²) in [5.74, 6) is 0. The average molecular weight is 330 g/mol. The third-order valence-corrected chi connectivity index (χ3v) is 5.36. The van der Waals surface area contributed by atoms with E-state index >= 15 is 0 Å². The lowest BCUT2D eigenvalue weighted by Gasteiger charge is -2.32. The normalized spacial score (nSPS) is 27.1. The molecule has 2 unspecified atom stereocenters. The van der Waals surface area contributed by atoms with Gasteiger partial charge in [-0.3, -0.25) is 4.68 Å². The predicted molar refractivity (Wildman–Crippen MR) is 80.4 cm³/mol. The van der Waals surface area contributed by atoms with Crippen LogP contribution in [0.2, 0.25) is 0 Å². The van der Waals surface area contributed by atoms with Gasteiger partial charge in [-0.15, -0.1) is 0 Å². The first kappa shape index (κ1) is 15.0. The molecule has 19 heavy (non-hydrogen) atoms. The van der Waals surface area contributed by atoms with Crippen molar-refractivity contribution in [2.75, 3.05) is 20.2 Å². The molecule has 0 spiro atoms. The second-order valence-corrected chi connectivity index (χ2v) is 6.29. The number of rotatable bonds is 5. The van der Waals surface area contributed by atoms with Gasteiger partial charge in [0.15, 0.2) is 0 Å². The number of nitrogens with one attached hydrogen (secondary N) is 1. The summed E-state index contributed by atoms with van der Waals surface area (Å²) in [4.78, 5) is 0. The number of aromatic nitrogens is 2. The number of nitrogens with zero attached hydrogens (tertiary/aromatic N) is 2. The van der Waals surface area contributed by atoms with Gasteiger partial charge in [0.05, 0.1) is 22.0 Å². The van der Waals surface area contributed by atoms with Crippen molar-refractivity contribution in [1.29, 1.82) is 0 Å². The van der Waals surface area contributed by atoms with Crippen LogP contribution in [0.5, 0.6) is 0 Å². The molecule has 2 rings (SSSR count). The molecule has 1 N–H and O–H groups in total. The highest BCUT2D eigenvalue weighted by Crippen LogP contribution is 2.39. The first-order chi connectivity index (χ1) is 9.04. The summed E-state index contributed by atoms with van der Waals surface area (Å²) in [5.41, 5.74) is 2.55. The second kappa shape index (κ2) is 5.94. The summed E-state index contributed by atoms with van der Waals surface area (Å²) in [6.07, 6.45) is 2.40. The van der Waals surface area contributed by atoms with Gasteiger partial charge in [-0.2, -0.15) is 5.10 Å². The van der Waals surface area contributed by atoms with E-state index in [9.17, 15) is 0 Å². The molecule has 2 heterocycles. The molecule has 0 aliphatic carbocycles. The zero-order chi connectivity index (χ0) is 14.0. The van der Waals surface area contributed by atoms with E-state index in [1.807, 2.05) is 7.05 Å². The van der Waals surface area contributed by atoms with E-state index in [-0.39, 0.29) is 11.5 Å². The van der Waals surface area contributed by atoms with Gasteiger partial charge in [-0.05, 0) is 56.6 Å². The molecule has 0 saturated carbocycles. The fraction of sp³-hybridized carbons (Fsp3) is 0.786. The molecule has 4 nitrogen and oxygen atoms in total. The topological polar surface area (TPSA) is 39.1 Å². The molecule has 0 aromatic carbocycles. The number of ether oxygens (including phenoxy) is 1. The predicted octanol–water partition coefficient (Wildman–Crippen LogP) is 2.53. The van der Waals surface area contributed by atoms with Gasteiger partial charge in [0.25, 0.3) is 0 Å². The molecule has 1 aromatic heterocycles. The second-order valence-electron chi connectivity index (χ2n) is 5.49. The number of aryl methyl sites for hydroxylation is 2. The quantitative estimate of drug-likeness (QED) is 0.902. The smallest absolute Gasteiger partial charge is 0.0738 e. The molecule has 1 saturated heterocycles. The summed E-state index contributed by atoms with van der Waals surface area (Å²) < 4.78 is 9.10. The summed E-state index contributed by atoms with van der Waals surface area (Å²) in [6.45, 7) is 9.14. The number of hydrogen-bond donors (Lipinski definition) is 1. The van der Waals surface area contributed by atoms with Crippen LogP contribution in [0.1, 0.15) is 31.7 Å². The van der Waals surface area contributed by atoms with Crippen molar-refractivity contribution in [2.45, 2.75) is 46.3 Å². The van der Waals surface area contributed by atoms with Gasteiger partial charge in [0, 0.05) is 25.1 Å². The van der Waals surface area contributed by atoms with Gasteiger partial charge in [0.1, 0.15) is 0 Å². The molecule has 0 bridgehead atoms.